The molecule has 0 unspecified atom stereocenters. The normalized spacial score (nSPS) is 11.6. The molecule has 0 aliphatic carbocycles. The summed E-state index contributed by atoms with van der Waals surface area (Å²) in [7, 11) is 0. The number of pyridine rings is 1. The molecule has 11 aromatic rings. The quantitative estimate of drug-likeness (QED) is 0.166. The third-order valence-corrected chi connectivity index (χ3v) is 11.9. The highest BCUT2D eigenvalue weighted by molar-refractivity contribution is 7.26. The van der Waals surface area contributed by atoms with Crippen LogP contribution in [0.3, 0.4) is 0 Å². The second kappa shape index (κ2) is 12.8. The summed E-state index contributed by atoms with van der Waals surface area (Å²) in [5.41, 5.74) is 10.3. The molecule has 3 aromatic heterocycles. The van der Waals surface area contributed by atoms with Gasteiger partial charge in [-0.25, -0.2) is 15.0 Å². The highest BCUT2D eigenvalue weighted by Crippen LogP contribution is 2.48. The fraction of sp³-hybridized carbons (Fsp3) is 0. The van der Waals surface area contributed by atoms with E-state index in [0.29, 0.717) is 5.82 Å². The Morgan fingerprint density at radius 1 is 0.364 bits per heavy atom. The van der Waals surface area contributed by atoms with E-state index in [2.05, 4.69) is 164 Å². The molecule has 0 aliphatic rings. The van der Waals surface area contributed by atoms with Crippen molar-refractivity contribution in [2.75, 3.05) is 0 Å². The minimum atomic E-state index is 0.712. The van der Waals surface area contributed by atoms with Gasteiger partial charge in [0.05, 0.1) is 22.6 Å². The van der Waals surface area contributed by atoms with E-state index < -0.39 is 0 Å². The molecule has 0 bridgehead atoms. The number of hydrogen-bond acceptors (Lipinski definition) is 4. The predicted molar refractivity (Wildman–Crippen MR) is 232 cm³/mol. The highest BCUT2D eigenvalue weighted by atomic mass is 32.1. The first-order valence-electron chi connectivity index (χ1n) is 18.5. The Labute approximate surface area is 321 Å². The van der Waals surface area contributed by atoms with Crippen molar-refractivity contribution in [3.63, 3.8) is 0 Å². The molecule has 4 heteroatoms. The molecule has 0 amide bonds. The smallest absolute Gasteiger partial charge is 0.160 e. The number of hydrogen-bond donors (Lipinski definition) is 0. The van der Waals surface area contributed by atoms with Crippen LogP contribution in [0.1, 0.15) is 0 Å². The van der Waals surface area contributed by atoms with Gasteiger partial charge in [0.1, 0.15) is 0 Å². The summed E-state index contributed by atoms with van der Waals surface area (Å²) in [6.45, 7) is 0. The van der Waals surface area contributed by atoms with Crippen LogP contribution < -0.4 is 0 Å². The van der Waals surface area contributed by atoms with Crippen molar-refractivity contribution in [2.24, 2.45) is 0 Å². The van der Waals surface area contributed by atoms with Gasteiger partial charge in [-0.05, 0) is 46.7 Å². The third kappa shape index (κ3) is 5.38. The molecule has 3 heterocycles. The molecule has 8 aromatic carbocycles. The maximum absolute atomic E-state index is 5.40. The summed E-state index contributed by atoms with van der Waals surface area (Å²) < 4.78 is 2.56. The fourth-order valence-electron chi connectivity index (χ4n) is 7.99. The molecule has 0 spiro atoms. The van der Waals surface area contributed by atoms with Gasteiger partial charge < -0.3 is 0 Å². The first kappa shape index (κ1) is 31.5. The number of aromatic nitrogens is 3. The number of rotatable bonds is 5. The minimum absolute atomic E-state index is 0.712. The maximum Gasteiger partial charge on any atom is 0.160 e. The first-order chi connectivity index (χ1) is 27.2. The van der Waals surface area contributed by atoms with Gasteiger partial charge in [-0.15, -0.1) is 11.3 Å². The molecule has 55 heavy (non-hydrogen) atoms. The standard InChI is InChI=1S/C51H31N3S/c1-3-14-34(15-4-1)44-31-45(54-51(53-44)36-16-5-2-6-17-36)35-26-24-33(25-27-35)41-30-42-47(48-40-20-10-12-22-46(40)55-50(41)48)39-19-9-11-21-43(39)52-49(42)38-28-23-32-13-7-8-18-37(32)29-38/h1-31H. The number of benzene rings is 8. The average Bonchev–Trinajstić information content (AvgIpc) is 3.66. The molecule has 3 nitrogen and oxygen atoms in total. The minimum Gasteiger partial charge on any atom is -0.247 e. The first-order valence-corrected chi connectivity index (χ1v) is 19.3. The van der Waals surface area contributed by atoms with Crippen molar-refractivity contribution in [3.8, 4) is 56.3 Å². The van der Waals surface area contributed by atoms with Crippen LogP contribution >= 0.6 is 11.3 Å². The Balaban J connectivity index is 1.14. The van der Waals surface area contributed by atoms with Crippen LogP contribution in [0.2, 0.25) is 0 Å². The Morgan fingerprint density at radius 2 is 0.964 bits per heavy atom. The SMILES string of the molecule is c1ccc(-c2cc(-c3ccc(-c4cc5c(-c6ccc7ccccc7c6)nc6ccccc6c5c5c4sc4ccccc45)cc3)nc(-c3ccccc3)n2)cc1. The van der Waals surface area contributed by atoms with E-state index in [4.69, 9.17) is 15.0 Å². The molecule has 0 fully saturated rings. The zero-order chi connectivity index (χ0) is 36.3. The lowest BCUT2D eigenvalue weighted by molar-refractivity contribution is 1.18. The van der Waals surface area contributed by atoms with Crippen molar-refractivity contribution in [1.82, 2.24) is 15.0 Å². The van der Waals surface area contributed by atoms with Gasteiger partial charge in [-0.2, -0.15) is 0 Å². The monoisotopic (exact) mass is 717 g/mol. The van der Waals surface area contributed by atoms with Gasteiger partial charge >= 0.3 is 0 Å². The van der Waals surface area contributed by atoms with Gasteiger partial charge in [0.15, 0.2) is 5.82 Å². The molecule has 256 valence electrons. The predicted octanol–water partition coefficient (Wildman–Crippen LogP) is 14.0. The second-order valence-electron chi connectivity index (χ2n) is 14.0. The Morgan fingerprint density at radius 3 is 1.75 bits per heavy atom. The summed E-state index contributed by atoms with van der Waals surface area (Å²) in [4.78, 5) is 15.5. The van der Waals surface area contributed by atoms with Crippen LogP contribution in [0.25, 0.3) is 109 Å². The molecular formula is C51H31N3S. The summed E-state index contributed by atoms with van der Waals surface area (Å²) in [6, 6.07) is 66.6. The molecule has 0 radical (unpaired) electrons. The number of para-hydroxylation sites is 1. The molecule has 0 N–H and O–H groups in total. The van der Waals surface area contributed by atoms with Gasteiger partial charge in [-0.1, -0.05) is 158 Å². The van der Waals surface area contributed by atoms with Crippen LogP contribution in [0, 0.1) is 0 Å². The van der Waals surface area contributed by atoms with Crippen LogP contribution in [-0.2, 0) is 0 Å². The second-order valence-corrected chi connectivity index (χ2v) is 15.0. The maximum atomic E-state index is 5.40. The number of nitrogens with zero attached hydrogens (tertiary/aromatic N) is 3. The topological polar surface area (TPSA) is 38.7 Å². The van der Waals surface area contributed by atoms with Crippen LogP contribution in [0.4, 0.5) is 0 Å². The van der Waals surface area contributed by atoms with E-state index in [9.17, 15) is 0 Å². The summed E-state index contributed by atoms with van der Waals surface area (Å²) >= 11 is 1.87. The van der Waals surface area contributed by atoms with Gasteiger partial charge in [0, 0.05) is 64.1 Å². The fourth-order valence-corrected chi connectivity index (χ4v) is 9.24. The molecule has 11 rings (SSSR count). The van der Waals surface area contributed by atoms with E-state index in [1.165, 1.54) is 47.3 Å². The molecule has 0 saturated carbocycles. The van der Waals surface area contributed by atoms with Crippen molar-refractivity contribution in [2.45, 2.75) is 0 Å². The van der Waals surface area contributed by atoms with E-state index in [1.807, 2.05) is 35.6 Å². The summed E-state index contributed by atoms with van der Waals surface area (Å²) in [5.74, 6) is 0.712. The lowest BCUT2D eigenvalue weighted by Crippen LogP contribution is -1.96. The lowest BCUT2D eigenvalue weighted by Gasteiger charge is -2.15. The van der Waals surface area contributed by atoms with Gasteiger partial charge in [0.2, 0.25) is 0 Å². The number of fused-ring (bicyclic) bond motifs is 8. The summed E-state index contributed by atoms with van der Waals surface area (Å²) in [6.07, 6.45) is 0. The van der Waals surface area contributed by atoms with Crippen molar-refractivity contribution in [1.29, 1.82) is 0 Å². The summed E-state index contributed by atoms with van der Waals surface area (Å²) in [5, 5.41) is 8.56. The lowest BCUT2D eigenvalue weighted by atomic mass is 9.91. The van der Waals surface area contributed by atoms with Crippen molar-refractivity contribution < 1.29 is 0 Å². The van der Waals surface area contributed by atoms with Crippen molar-refractivity contribution >= 4 is 64.0 Å². The third-order valence-electron chi connectivity index (χ3n) is 10.7. The zero-order valence-electron chi connectivity index (χ0n) is 29.6. The average molecular weight is 718 g/mol. The van der Waals surface area contributed by atoms with E-state index in [-0.39, 0.29) is 0 Å². The van der Waals surface area contributed by atoms with Gasteiger partial charge in [0.25, 0.3) is 0 Å². The van der Waals surface area contributed by atoms with E-state index in [1.54, 1.807) is 0 Å². The van der Waals surface area contributed by atoms with Crippen molar-refractivity contribution in [3.05, 3.63) is 188 Å². The largest absolute Gasteiger partial charge is 0.247 e. The Bertz CT molecular complexity index is 3180. The molecule has 0 aliphatic heterocycles. The molecular weight excluding hydrogens is 687 g/mol. The van der Waals surface area contributed by atoms with Gasteiger partial charge in [-0.3, -0.25) is 0 Å². The van der Waals surface area contributed by atoms with Crippen LogP contribution in [-0.4, -0.2) is 15.0 Å². The Kier molecular flexibility index (Phi) is 7.35. The highest BCUT2D eigenvalue weighted by Gasteiger charge is 2.20. The Hall–Kier alpha value is -7.01. The molecule has 0 saturated heterocycles. The van der Waals surface area contributed by atoms with E-state index in [0.717, 1.165) is 55.8 Å². The zero-order valence-corrected chi connectivity index (χ0v) is 30.5. The van der Waals surface area contributed by atoms with Crippen LogP contribution in [0.5, 0.6) is 0 Å². The van der Waals surface area contributed by atoms with E-state index >= 15 is 0 Å². The van der Waals surface area contributed by atoms with Crippen LogP contribution in [0.15, 0.2) is 188 Å². The number of thiophene rings is 1. The molecule has 0 atom stereocenters.